The Kier molecular flexibility index (Phi) is 12.1. The zero-order valence-corrected chi connectivity index (χ0v) is 25.7. The molecule has 0 unspecified atom stereocenters. The van der Waals surface area contributed by atoms with Gasteiger partial charge in [-0.25, -0.2) is 0 Å². The Bertz CT molecular complexity index is 1310. The van der Waals surface area contributed by atoms with Crippen LogP contribution in [0.2, 0.25) is 0 Å². The lowest BCUT2D eigenvalue weighted by Gasteiger charge is -2.27. The lowest BCUT2D eigenvalue weighted by atomic mass is 10.1. The third kappa shape index (κ3) is 9.07. The molecule has 2 N–H and O–H groups in total. The van der Waals surface area contributed by atoms with Gasteiger partial charge >= 0.3 is 0 Å². The third-order valence-corrected chi connectivity index (χ3v) is 9.09. The van der Waals surface area contributed by atoms with E-state index >= 15 is 0 Å². The van der Waals surface area contributed by atoms with E-state index in [1.807, 2.05) is 24.1 Å². The fourth-order valence-corrected chi connectivity index (χ4v) is 6.60. The molecule has 41 heavy (non-hydrogen) atoms. The van der Waals surface area contributed by atoms with Crippen molar-refractivity contribution < 1.29 is 14.3 Å². The number of rotatable bonds is 16. The Morgan fingerprint density at radius 1 is 0.976 bits per heavy atom. The summed E-state index contributed by atoms with van der Waals surface area (Å²) >= 11 is 1.52. The van der Waals surface area contributed by atoms with Gasteiger partial charge in [-0.1, -0.05) is 64.7 Å². The van der Waals surface area contributed by atoms with Crippen molar-refractivity contribution in [2.24, 2.45) is 0 Å². The molecule has 1 amide bonds. The average Bonchev–Trinajstić information content (AvgIpc) is 3.46. The molecule has 1 aliphatic rings. The summed E-state index contributed by atoms with van der Waals surface area (Å²) in [5.74, 6) is -0.310. The van der Waals surface area contributed by atoms with E-state index in [2.05, 4.69) is 17.1 Å². The van der Waals surface area contributed by atoms with E-state index in [9.17, 15) is 14.7 Å². The first-order valence-electron chi connectivity index (χ1n) is 15.6. The van der Waals surface area contributed by atoms with Crippen LogP contribution in [0.5, 0.6) is 5.75 Å². The van der Waals surface area contributed by atoms with E-state index in [0.717, 1.165) is 31.1 Å². The Labute approximate surface area is 248 Å². The molecule has 0 radical (unpaired) electrons. The number of carbonyl (C=O) groups is 1. The largest absolute Gasteiger partial charge is 0.501 e. The normalized spacial score (nSPS) is 13.8. The monoisotopic (exact) mass is 581 g/mol. The number of aromatic hydroxyl groups is 1. The highest BCUT2D eigenvalue weighted by Gasteiger charge is 2.20. The van der Waals surface area contributed by atoms with Crippen LogP contribution in [-0.2, 0) is 4.79 Å². The van der Waals surface area contributed by atoms with Crippen molar-refractivity contribution in [1.82, 2.24) is 4.90 Å². The van der Waals surface area contributed by atoms with Crippen molar-refractivity contribution in [3.8, 4) is 16.4 Å². The number of nitrogens with one attached hydrogen (secondary N) is 1. The predicted molar refractivity (Wildman–Crippen MR) is 171 cm³/mol. The summed E-state index contributed by atoms with van der Waals surface area (Å²) in [5.41, 5.74) is 0.435. The van der Waals surface area contributed by atoms with Gasteiger partial charge in [0.2, 0.25) is 17.1 Å². The molecular formula is C33H47N3O4S. The van der Waals surface area contributed by atoms with Crippen LogP contribution in [0.4, 0.5) is 10.7 Å². The second-order valence-corrected chi connectivity index (χ2v) is 12.5. The lowest BCUT2D eigenvalue weighted by Crippen LogP contribution is -2.30. The second-order valence-electron chi connectivity index (χ2n) is 11.5. The van der Waals surface area contributed by atoms with Crippen molar-refractivity contribution in [3.63, 3.8) is 0 Å². The van der Waals surface area contributed by atoms with Gasteiger partial charge in [-0.3, -0.25) is 14.5 Å². The fraction of sp³-hybridized carbons (Fsp3) is 0.576. The zero-order valence-electron chi connectivity index (χ0n) is 24.9. The van der Waals surface area contributed by atoms with Crippen molar-refractivity contribution >= 4 is 38.9 Å². The van der Waals surface area contributed by atoms with Gasteiger partial charge in [-0.2, -0.15) is 0 Å². The maximum Gasteiger partial charge on any atom is 0.238 e. The Balaban J connectivity index is 1.28. The van der Waals surface area contributed by atoms with E-state index < -0.39 is 5.43 Å². The number of unbranched alkanes of at least 4 members (excludes halogenated alkanes) is 9. The number of amides is 1. The number of nitrogens with zero attached hydrogens (tertiary/aromatic N) is 2. The highest BCUT2D eigenvalue weighted by Crippen LogP contribution is 2.39. The number of likely N-dealkylation sites (N-methyl/N-ethyl adjacent to an activating group) is 1. The van der Waals surface area contributed by atoms with Crippen LogP contribution in [-0.4, -0.2) is 49.1 Å². The van der Waals surface area contributed by atoms with Crippen LogP contribution < -0.4 is 15.6 Å². The standard InChI is InChI=1S/C33H47N3O4S/c1-3-4-5-6-7-8-9-10-11-13-20-35(2)24-29(37)34-25-16-17-26-27(23-25)40-33(32(39)31(26)38)28-18-19-30(41-28)36-21-14-12-15-22-36/h16-19,23,39H,3-15,20-22,24H2,1-2H3,(H,34,37). The summed E-state index contributed by atoms with van der Waals surface area (Å²) in [5, 5.41) is 15.0. The quantitative estimate of drug-likeness (QED) is 0.167. The molecule has 1 aromatic carbocycles. The van der Waals surface area contributed by atoms with Crippen LogP contribution in [0.1, 0.15) is 90.4 Å². The number of thiophene rings is 1. The number of fused-ring (bicyclic) bond motifs is 1. The number of piperidine rings is 1. The number of benzene rings is 1. The number of carbonyl (C=O) groups excluding carboxylic acids is 1. The lowest BCUT2D eigenvalue weighted by molar-refractivity contribution is -0.117. The molecule has 1 saturated heterocycles. The molecule has 0 bridgehead atoms. The van der Waals surface area contributed by atoms with E-state index in [4.69, 9.17) is 4.42 Å². The maximum atomic E-state index is 12.9. The molecule has 0 saturated carbocycles. The Hall–Kier alpha value is -2.84. The first-order chi connectivity index (χ1) is 20.0. The van der Waals surface area contributed by atoms with Crippen molar-refractivity contribution in [3.05, 3.63) is 40.6 Å². The summed E-state index contributed by atoms with van der Waals surface area (Å²) in [7, 11) is 1.97. The molecule has 0 spiro atoms. The molecule has 1 aliphatic heterocycles. The molecule has 224 valence electrons. The molecule has 7 nitrogen and oxygen atoms in total. The average molecular weight is 582 g/mol. The van der Waals surface area contributed by atoms with E-state index in [1.54, 1.807) is 18.2 Å². The third-order valence-electron chi connectivity index (χ3n) is 7.94. The molecule has 0 atom stereocenters. The molecule has 4 rings (SSSR count). The maximum absolute atomic E-state index is 12.9. The van der Waals surface area contributed by atoms with Crippen LogP contribution in [0.3, 0.4) is 0 Å². The van der Waals surface area contributed by atoms with Crippen molar-refractivity contribution in [2.45, 2.75) is 90.4 Å². The molecule has 0 aliphatic carbocycles. The number of hydrogen-bond acceptors (Lipinski definition) is 7. The highest BCUT2D eigenvalue weighted by molar-refractivity contribution is 7.19. The van der Waals surface area contributed by atoms with Gasteiger partial charge in [-0.05, 0) is 63.5 Å². The molecule has 8 heteroatoms. The predicted octanol–water partition coefficient (Wildman–Crippen LogP) is 8.01. The van der Waals surface area contributed by atoms with Crippen LogP contribution in [0.15, 0.2) is 39.5 Å². The minimum Gasteiger partial charge on any atom is -0.501 e. The van der Waals surface area contributed by atoms with Gasteiger partial charge < -0.3 is 19.7 Å². The Morgan fingerprint density at radius 3 is 2.37 bits per heavy atom. The fourth-order valence-electron chi connectivity index (χ4n) is 5.56. The van der Waals surface area contributed by atoms with E-state index in [-0.39, 0.29) is 22.8 Å². The van der Waals surface area contributed by atoms with Gasteiger partial charge in [0, 0.05) is 24.8 Å². The zero-order chi connectivity index (χ0) is 29.0. The van der Waals surface area contributed by atoms with Crippen LogP contribution in [0, 0.1) is 0 Å². The molecule has 3 heterocycles. The molecule has 2 aromatic heterocycles. The van der Waals surface area contributed by atoms with Gasteiger partial charge in [0.1, 0.15) is 5.58 Å². The molecule has 1 fully saturated rings. The minimum atomic E-state index is -0.469. The Morgan fingerprint density at radius 2 is 1.66 bits per heavy atom. The van der Waals surface area contributed by atoms with Crippen molar-refractivity contribution in [1.29, 1.82) is 0 Å². The minimum absolute atomic E-state index is 0.107. The van der Waals surface area contributed by atoms with Crippen molar-refractivity contribution in [2.75, 3.05) is 43.4 Å². The topological polar surface area (TPSA) is 86.0 Å². The number of anilines is 2. The van der Waals surface area contributed by atoms with E-state index in [1.165, 1.54) is 88.4 Å². The number of hydrogen-bond donors (Lipinski definition) is 2. The smallest absolute Gasteiger partial charge is 0.238 e. The second kappa shape index (κ2) is 16.0. The summed E-state index contributed by atoms with van der Waals surface area (Å²) < 4.78 is 6.06. The first kappa shape index (κ1) is 31.1. The van der Waals surface area contributed by atoms with Crippen LogP contribution >= 0.6 is 11.3 Å². The molecule has 3 aromatic rings. The summed E-state index contributed by atoms with van der Waals surface area (Å²) in [6.45, 7) is 5.48. The summed E-state index contributed by atoms with van der Waals surface area (Å²) in [6.07, 6.45) is 16.5. The van der Waals surface area contributed by atoms with Gasteiger partial charge in [0.05, 0.1) is 21.8 Å². The molecular weight excluding hydrogens is 534 g/mol. The van der Waals surface area contributed by atoms with Gasteiger partial charge in [-0.15, -0.1) is 11.3 Å². The van der Waals surface area contributed by atoms with Gasteiger partial charge in [0.15, 0.2) is 5.76 Å². The SMILES string of the molecule is CCCCCCCCCCCCN(C)CC(=O)Nc1ccc2c(=O)c(O)c(-c3ccc(N4CCCCC4)s3)oc2c1. The highest BCUT2D eigenvalue weighted by atomic mass is 32.1. The first-order valence-corrected chi connectivity index (χ1v) is 16.4. The van der Waals surface area contributed by atoms with Crippen LogP contribution in [0.25, 0.3) is 21.6 Å². The van der Waals surface area contributed by atoms with Gasteiger partial charge in [0.25, 0.3) is 0 Å². The summed E-state index contributed by atoms with van der Waals surface area (Å²) in [6, 6.07) is 8.87. The van der Waals surface area contributed by atoms with E-state index in [0.29, 0.717) is 22.7 Å². The summed E-state index contributed by atoms with van der Waals surface area (Å²) in [4.78, 5) is 30.8.